The molecule has 2 heteroatoms. The third-order valence-corrected chi connectivity index (χ3v) is 2.29. The molecule has 0 fully saturated rings. The van der Waals surface area contributed by atoms with Crippen LogP contribution in [0.2, 0.25) is 0 Å². The van der Waals surface area contributed by atoms with E-state index in [4.69, 9.17) is 6.42 Å². The summed E-state index contributed by atoms with van der Waals surface area (Å²) in [6.07, 6.45) is 5.82. The molecular formula is C12H14FN. The summed E-state index contributed by atoms with van der Waals surface area (Å²) in [6.45, 7) is 1.95. The van der Waals surface area contributed by atoms with Gasteiger partial charge in [-0.1, -0.05) is 6.07 Å². The molecule has 1 N–H and O–H groups in total. The molecule has 1 aromatic rings. The fourth-order valence-corrected chi connectivity index (χ4v) is 1.47. The first-order valence-corrected chi connectivity index (χ1v) is 4.55. The maximum Gasteiger partial charge on any atom is 0.123 e. The van der Waals surface area contributed by atoms with E-state index in [1.807, 2.05) is 14.0 Å². The van der Waals surface area contributed by atoms with Crippen LogP contribution >= 0.6 is 0 Å². The van der Waals surface area contributed by atoms with Gasteiger partial charge >= 0.3 is 0 Å². The monoisotopic (exact) mass is 191 g/mol. The zero-order valence-corrected chi connectivity index (χ0v) is 8.47. The standard InChI is InChI=1S/C12H14FN/c1-4-5-12(14-3)11-8-10(13)7-6-9(11)2/h1,6-8,12,14H,5H2,2-3H3. The zero-order chi connectivity index (χ0) is 10.6. The van der Waals surface area contributed by atoms with E-state index in [0.717, 1.165) is 11.1 Å². The second kappa shape index (κ2) is 4.78. The summed E-state index contributed by atoms with van der Waals surface area (Å²) in [5, 5.41) is 3.08. The minimum Gasteiger partial charge on any atom is -0.312 e. The van der Waals surface area contributed by atoms with E-state index < -0.39 is 0 Å². The number of rotatable bonds is 3. The van der Waals surface area contributed by atoms with Gasteiger partial charge in [0.25, 0.3) is 0 Å². The molecule has 0 aromatic heterocycles. The zero-order valence-electron chi connectivity index (χ0n) is 8.47. The molecule has 0 aliphatic rings. The molecule has 1 unspecified atom stereocenters. The minimum atomic E-state index is -0.220. The van der Waals surface area contributed by atoms with Crippen molar-refractivity contribution in [3.63, 3.8) is 0 Å². The summed E-state index contributed by atoms with van der Waals surface area (Å²) >= 11 is 0. The maximum absolute atomic E-state index is 13.0. The van der Waals surface area contributed by atoms with Gasteiger partial charge in [0, 0.05) is 12.5 Å². The number of hydrogen-bond donors (Lipinski definition) is 1. The highest BCUT2D eigenvalue weighted by Crippen LogP contribution is 2.20. The number of aryl methyl sites for hydroxylation is 1. The molecule has 0 saturated heterocycles. The Bertz CT molecular complexity index is 352. The van der Waals surface area contributed by atoms with Crippen molar-refractivity contribution < 1.29 is 4.39 Å². The molecule has 14 heavy (non-hydrogen) atoms. The van der Waals surface area contributed by atoms with Gasteiger partial charge in [-0.15, -0.1) is 12.3 Å². The first-order chi connectivity index (χ1) is 6.69. The molecule has 0 aliphatic carbocycles. The number of halogens is 1. The highest BCUT2D eigenvalue weighted by molar-refractivity contribution is 5.30. The van der Waals surface area contributed by atoms with Crippen LogP contribution in [0, 0.1) is 25.1 Å². The van der Waals surface area contributed by atoms with Crippen molar-refractivity contribution in [2.75, 3.05) is 7.05 Å². The van der Waals surface area contributed by atoms with Gasteiger partial charge in [0.05, 0.1) is 0 Å². The van der Waals surface area contributed by atoms with Crippen LogP contribution in [-0.4, -0.2) is 7.05 Å². The Morgan fingerprint density at radius 3 is 2.86 bits per heavy atom. The molecule has 0 spiro atoms. The van der Waals surface area contributed by atoms with Crippen LogP contribution in [-0.2, 0) is 0 Å². The molecule has 0 saturated carbocycles. The van der Waals surface area contributed by atoms with E-state index in [1.54, 1.807) is 6.07 Å². The lowest BCUT2D eigenvalue weighted by molar-refractivity contribution is 0.587. The molecule has 0 radical (unpaired) electrons. The summed E-state index contributed by atoms with van der Waals surface area (Å²) in [4.78, 5) is 0. The average Bonchev–Trinajstić information content (AvgIpc) is 2.18. The van der Waals surface area contributed by atoms with Crippen molar-refractivity contribution in [2.45, 2.75) is 19.4 Å². The lowest BCUT2D eigenvalue weighted by Gasteiger charge is -2.16. The molecule has 1 rings (SSSR count). The van der Waals surface area contributed by atoms with Crippen LogP contribution in [0.15, 0.2) is 18.2 Å². The lowest BCUT2D eigenvalue weighted by Crippen LogP contribution is -2.17. The van der Waals surface area contributed by atoms with Crippen molar-refractivity contribution >= 4 is 0 Å². The van der Waals surface area contributed by atoms with Gasteiger partial charge in [-0.25, -0.2) is 4.39 Å². The summed E-state index contributed by atoms with van der Waals surface area (Å²) in [5.74, 6) is 2.36. The highest BCUT2D eigenvalue weighted by Gasteiger charge is 2.10. The summed E-state index contributed by atoms with van der Waals surface area (Å²) in [7, 11) is 1.83. The molecular weight excluding hydrogens is 177 g/mol. The van der Waals surface area contributed by atoms with Crippen LogP contribution in [0.25, 0.3) is 0 Å². The van der Waals surface area contributed by atoms with Crippen LogP contribution in [0.5, 0.6) is 0 Å². The van der Waals surface area contributed by atoms with E-state index in [9.17, 15) is 4.39 Å². The molecule has 1 aromatic carbocycles. The van der Waals surface area contributed by atoms with E-state index in [-0.39, 0.29) is 11.9 Å². The molecule has 1 nitrogen and oxygen atoms in total. The quantitative estimate of drug-likeness (QED) is 0.723. The highest BCUT2D eigenvalue weighted by atomic mass is 19.1. The van der Waals surface area contributed by atoms with Crippen molar-refractivity contribution in [1.29, 1.82) is 0 Å². The maximum atomic E-state index is 13.0. The van der Waals surface area contributed by atoms with Gasteiger partial charge in [0.1, 0.15) is 5.82 Å². The van der Waals surface area contributed by atoms with Gasteiger partial charge in [-0.2, -0.15) is 0 Å². The summed E-state index contributed by atoms with van der Waals surface area (Å²) in [5.41, 5.74) is 1.99. The van der Waals surface area contributed by atoms with Crippen LogP contribution in [0.1, 0.15) is 23.6 Å². The SMILES string of the molecule is C#CCC(NC)c1cc(F)ccc1C. The number of hydrogen-bond acceptors (Lipinski definition) is 1. The van der Waals surface area contributed by atoms with Gasteiger partial charge in [-0.05, 0) is 37.2 Å². The van der Waals surface area contributed by atoms with E-state index in [0.29, 0.717) is 6.42 Å². The smallest absolute Gasteiger partial charge is 0.123 e. The average molecular weight is 191 g/mol. The molecule has 0 amide bonds. The Labute approximate surface area is 84.3 Å². The fraction of sp³-hybridized carbons (Fsp3) is 0.333. The predicted molar refractivity (Wildman–Crippen MR) is 56.4 cm³/mol. The number of benzene rings is 1. The first kappa shape index (κ1) is 10.7. The van der Waals surface area contributed by atoms with Gasteiger partial charge in [0.2, 0.25) is 0 Å². The molecule has 0 bridgehead atoms. The minimum absolute atomic E-state index is 0.0377. The summed E-state index contributed by atoms with van der Waals surface area (Å²) in [6, 6.07) is 4.80. The Balaban J connectivity index is 3.03. The van der Waals surface area contributed by atoms with E-state index in [1.165, 1.54) is 12.1 Å². The first-order valence-electron chi connectivity index (χ1n) is 4.55. The topological polar surface area (TPSA) is 12.0 Å². The van der Waals surface area contributed by atoms with E-state index in [2.05, 4.69) is 11.2 Å². The van der Waals surface area contributed by atoms with E-state index >= 15 is 0 Å². The molecule has 0 aliphatic heterocycles. The molecule has 74 valence electrons. The van der Waals surface area contributed by atoms with Crippen molar-refractivity contribution in [3.8, 4) is 12.3 Å². The molecule has 0 heterocycles. The summed E-state index contributed by atoms with van der Waals surface area (Å²) < 4.78 is 13.0. The predicted octanol–water partition coefficient (Wildman–Crippen LogP) is 2.42. The third-order valence-electron chi connectivity index (χ3n) is 2.29. The molecule has 1 atom stereocenters. The van der Waals surface area contributed by atoms with Crippen molar-refractivity contribution in [1.82, 2.24) is 5.32 Å². The van der Waals surface area contributed by atoms with Gasteiger partial charge in [0.15, 0.2) is 0 Å². The van der Waals surface area contributed by atoms with Crippen molar-refractivity contribution in [3.05, 3.63) is 35.1 Å². The third kappa shape index (κ3) is 2.34. The second-order valence-corrected chi connectivity index (χ2v) is 3.25. The Morgan fingerprint density at radius 1 is 1.57 bits per heavy atom. The van der Waals surface area contributed by atoms with Crippen LogP contribution in [0.3, 0.4) is 0 Å². The van der Waals surface area contributed by atoms with Crippen LogP contribution < -0.4 is 5.32 Å². The lowest BCUT2D eigenvalue weighted by atomic mass is 9.99. The normalized spacial score (nSPS) is 12.1. The van der Waals surface area contributed by atoms with Crippen LogP contribution in [0.4, 0.5) is 4.39 Å². The largest absolute Gasteiger partial charge is 0.312 e. The number of terminal acetylenes is 1. The Hall–Kier alpha value is -1.33. The Morgan fingerprint density at radius 2 is 2.29 bits per heavy atom. The van der Waals surface area contributed by atoms with Crippen molar-refractivity contribution in [2.24, 2.45) is 0 Å². The Kier molecular flexibility index (Phi) is 3.67. The van der Waals surface area contributed by atoms with Gasteiger partial charge < -0.3 is 5.32 Å². The second-order valence-electron chi connectivity index (χ2n) is 3.25. The number of nitrogens with one attached hydrogen (secondary N) is 1. The fourth-order valence-electron chi connectivity index (χ4n) is 1.47. The van der Waals surface area contributed by atoms with Gasteiger partial charge in [-0.3, -0.25) is 0 Å².